The van der Waals surface area contributed by atoms with Crippen LogP contribution in [-0.2, 0) is 44.5 Å². The van der Waals surface area contributed by atoms with Crippen LogP contribution in [0.15, 0.2) is 70.7 Å². The van der Waals surface area contributed by atoms with E-state index in [4.69, 9.17) is 43.9 Å². The second-order valence-corrected chi connectivity index (χ2v) is 28.2. The lowest BCUT2D eigenvalue weighted by Crippen LogP contribution is -2.53. The van der Waals surface area contributed by atoms with E-state index in [1.807, 2.05) is 0 Å². The molecule has 2 fully saturated rings. The summed E-state index contributed by atoms with van der Waals surface area (Å²) in [5.41, 5.74) is 2.18. The van der Waals surface area contributed by atoms with Crippen molar-refractivity contribution in [3.63, 3.8) is 0 Å². The summed E-state index contributed by atoms with van der Waals surface area (Å²) in [6.07, 6.45) is -0.0666. The number of aliphatic imine (C=N–C) groups is 1. The number of nitrogens with two attached hydrogens (primary N) is 1. The van der Waals surface area contributed by atoms with Crippen molar-refractivity contribution >= 4 is 46.5 Å². The molecule has 3 aliphatic carbocycles. The van der Waals surface area contributed by atoms with E-state index >= 15 is 0 Å². The molecule has 3 aromatic rings. The molecule has 0 saturated carbocycles. The van der Waals surface area contributed by atoms with Gasteiger partial charge in [0.25, 0.3) is 11.7 Å². The van der Waals surface area contributed by atoms with Crippen molar-refractivity contribution in [1.82, 2.24) is 15.5 Å². The van der Waals surface area contributed by atoms with Crippen LogP contribution in [0.3, 0.4) is 0 Å². The summed E-state index contributed by atoms with van der Waals surface area (Å²) in [5.74, 6) is -10.6. The molecule has 27 nitrogen and oxygen atoms in total. The first kappa shape index (κ1) is 74.5. The molecule has 540 valence electrons. The Balaban J connectivity index is 0.000000238. The van der Waals surface area contributed by atoms with Crippen molar-refractivity contribution < 1.29 is 108 Å². The van der Waals surface area contributed by atoms with Gasteiger partial charge in [0.05, 0.1) is 89.2 Å². The molecule has 27 heteroatoms. The molecule has 100 heavy (non-hydrogen) atoms. The third kappa shape index (κ3) is 13.4. The zero-order valence-electron chi connectivity index (χ0n) is 58.3. The molecule has 8 aliphatic rings. The van der Waals surface area contributed by atoms with Crippen molar-refractivity contribution in [2.24, 2.45) is 40.3 Å². The maximum atomic E-state index is 14.7. The number of aromatic hydroxyl groups is 3. The van der Waals surface area contributed by atoms with Crippen LogP contribution in [0.4, 0.5) is 0 Å². The average molecular weight is 1390 g/mol. The quantitative estimate of drug-likeness (QED) is 0.0804. The minimum absolute atomic E-state index is 0.0164. The summed E-state index contributed by atoms with van der Waals surface area (Å²) in [5, 5.41) is 94.7. The Labute approximate surface area is 578 Å². The molecule has 5 bridgehead atoms. The molecule has 15 atom stereocenters. The minimum Gasteiger partial charge on any atom is -0.507 e. The van der Waals surface area contributed by atoms with E-state index in [0.717, 1.165) is 19.6 Å². The summed E-state index contributed by atoms with van der Waals surface area (Å²) in [6.45, 7) is 20.1. The molecule has 2 saturated heterocycles. The number of benzene rings is 3. The molecule has 1 amide bonds. The van der Waals surface area contributed by atoms with Crippen LogP contribution in [0.5, 0.6) is 28.7 Å². The topological polar surface area (TPSA) is 412 Å². The number of carbonyl (C=O) groups is 7. The van der Waals surface area contributed by atoms with E-state index in [1.54, 1.807) is 65.8 Å². The Kier molecular flexibility index (Phi) is 21.3. The molecule has 3 aromatic carbocycles. The number of carbonyl (C=O) groups excluding carboxylic acids is 7. The molecule has 0 aromatic heterocycles. The van der Waals surface area contributed by atoms with Crippen LogP contribution < -0.4 is 25.8 Å². The molecule has 5 aliphatic heterocycles. The lowest BCUT2D eigenvalue weighted by atomic mass is 9.72. The normalized spacial score (nSPS) is 32.3. The van der Waals surface area contributed by atoms with Gasteiger partial charge in [0.1, 0.15) is 58.4 Å². The number of fused-ring (bicyclic) bond motifs is 6. The Hall–Kier alpha value is -8.22. The van der Waals surface area contributed by atoms with Crippen molar-refractivity contribution in [2.45, 2.75) is 180 Å². The first-order valence-electron chi connectivity index (χ1n) is 33.7. The summed E-state index contributed by atoms with van der Waals surface area (Å²) in [4.78, 5) is 103. The van der Waals surface area contributed by atoms with Gasteiger partial charge in [-0.25, -0.2) is 0 Å². The molecular formula is C73H91N5O22. The largest absolute Gasteiger partial charge is 0.507 e. The maximum Gasteiger partial charge on any atom is 0.312 e. The number of esters is 1. The number of rotatable bonds is 9. The number of Topliss-reactive ketones (excluding diaryl/α,β-unsaturated/α-hetero) is 3. The van der Waals surface area contributed by atoms with E-state index in [1.165, 1.54) is 59.5 Å². The van der Waals surface area contributed by atoms with E-state index in [2.05, 4.69) is 29.4 Å². The van der Waals surface area contributed by atoms with Gasteiger partial charge < -0.3 is 95.3 Å². The third-order valence-corrected chi connectivity index (χ3v) is 20.8. The van der Waals surface area contributed by atoms with Crippen LogP contribution in [0, 0.1) is 36.5 Å². The first-order chi connectivity index (χ1) is 47.1. The van der Waals surface area contributed by atoms with Crippen LogP contribution in [0.2, 0.25) is 0 Å². The highest BCUT2D eigenvalue weighted by Crippen LogP contribution is 2.54. The maximum absolute atomic E-state index is 14.7. The Bertz CT molecular complexity index is 3980. The Morgan fingerprint density at radius 3 is 2.13 bits per heavy atom. The second-order valence-electron chi connectivity index (χ2n) is 28.2. The predicted octanol–water partition coefficient (Wildman–Crippen LogP) is 4.62. The SMILES string of the molecule is CO[C@H]1/C=C/O[C@@]2(C)Oc3c(C)c(O)c4c(c3C2=O)C2=NC3(CCN(CC(C)C)CC3)NC2=C(NC(=O)/C(C)=C\C=C\[C@H](C)[C@H](O)[C@@H](C)[C@@H](O)[C@@H](C)[C@H](OC(C)=O)[C@@H]1C)C4=O.COc1cccc2c1C(=O)c1c(O)c3c(c(O)c1C2=O)C[C@@](O)(C(=O)CO)C[C@@H]3O[C@H]1C[C@H](N)[C@H](O)[C@H](C)O1. The van der Waals surface area contributed by atoms with Crippen LogP contribution >= 0.6 is 0 Å². The molecule has 5 heterocycles. The summed E-state index contributed by atoms with van der Waals surface area (Å²) < 4.78 is 41.0. The molecule has 11 rings (SSSR count). The number of ether oxygens (including phenoxy) is 7. The van der Waals surface area contributed by atoms with Gasteiger partial charge in [-0.05, 0) is 38.8 Å². The lowest BCUT2D eigenvalue weighted by molar-refractivity contribution is -0.247. The molecule has 1 spiro atoms. The number of allylic oxidation sites excluding steroid dienone is 4. The molecular weight excluding hydrogens is 1300 g/mol. The van der Waals surface area contributed by atoms with Crippen molar-refractivity contribution in [1.29, 1.82) is 0 Å². The third-order valence-electron chi connectivity index (χ3n) is 20.8. The fourth-order valence-electron chi connectivity index (χ4n) is 15.0. The van der Waals surface area contributed by atoms with Gasteiger partial charge in [0.15, 0.2) is 17.9 Å². The van der Waals surface area contributed by atoms with Crippen molar-refractivity contribution in [3.8, 4) is 28.7 Å². The number of nitrogens with one attached hydrogen (secondary N) is 2. The van der Waals surface area contributed by atoms with E-state index in [-0.39, 0.29) is 85.1 Å². The van der Waals surface area contributed by atoms with Gasteiger partial charge >= 0.3 is 11.8 Å². The number of aliphatic hydroxyl groups is 5. The second kappa shape index (κ2) is 28.7. The highest BCUT2D eigenvalue weighted by Gasteiger charge is 2.56. The number of hydrogen-bond donors (Lipinski definition) is 11. The molecule has 0 unspecified atom stereocenters. The van der Waals surface area contributed by atoms with Crippen LogP contribution in [-0.4, -0.2) is 199 Å². The summed E-state index contributed by atoms with van der Waals surface area (Å²) >= 11 is 0. The lowest BCUT2D eigenvalue weighted by Gasteiger charge is -2.42. The van der Waals surface area contributed by atoms with E-state index < -0.39 is 184 Å². The van der Waals surface area contributed by atoms with Gasteiger partial charge in [-0.1, -0.05) is 71.9 Å². The van der Waals surface area contributed by atoms with Gasteiger partial charge in [-0.3, -0.25) is 38.6 Å². The number of piperidine rings is 1. The number of phenolic OH excluding ortho intramolecular Hbond substituents is 3. The molecule has 0 radical (unpaired) electrons. The highest BCUT2D eigenvalue weighted by molar-refractivity contribution is 6.35. The summed E-state index contributed by atoms with van der Waals surface area (Å²) in [7, 11) is 2.79. The fraction of sp³-hybridized carbons (Fsp3) is 0.534. The van der Waals surface area contributed by atoms with Crippen molar-refractivity contribution in [2.75, 3.05) is 40.5 Å². The zero-order chi connectivity index (χ0) is 73.3. The number of phenols is 3. The number of likely N-dealkylation sites (tertiary alicyclic amines) is 1. The Morgan fingerprint density at radius 1 is 0.830 bits per heavy atom. The van der Waals surface area contributed by atoms with Gasteiger partial charge in [-0.15, -0.1) is 0 Å². The monoisotopic (exact) mass is 1390 g/mol. The van der Waals surface area contributed by atoms with Crippen LogP contribution in [0.25, 0.3) is 0 Å². The number of amides is 1. The smallest absolute Gasteiger partial charge is 0.312 e. The number of nitrogens with zero attached hydrogens (tertiary/aromatic N) is 2. The minimum atomic E-state index is -2.24. The average Bonchev–Trinajstić information content (AvgIpc) is 1.44. The number of aliphatic hydroxyl groups excluding tert-OH is 4. The van der Waals surface area contributed by atoms with Gasteiger partial charge in [-0.2, -0.15) is 0 Å². The number of methoxy groups -OCH3 is 2. The molecule has 12 N–H and O–H groups in total. The van der Waals surface area contributed by atoms with Gasteiger partial charge in [0.2, 0.25) is 11.6 Å². The fourth-order valence-corrected chi connectivity index (χ4v) is 15.0. The highest BCUT2D eigenvalue weighted by atomic mass is 16.7. The predicted molar refractivity (Wildman–Crippen MR) is 359 cm³/mol. The van der Waals surface area contributed by atoms with E-state index in [0.29, 0.717) is 18.8 Å². The Morgan fingerprint density at radius 2 is 1.50 bits per heavy atom. The van der Waals surface area contributed by atoms with Crippen molar-refractivity contribution in [3.05, 3.63) is 121 Å². The number of hydrogen-bond acceptors (Lipinski definition) is 26. The first-order valence-corrected chi connectivity index (χ1v) is 33.7. The number of ketones is 5. The van der Waals surface area contributed by atoms with Crippen LogP contribution in [0.1, 0.15) is 176 Å². The zero-order valence-corrected chi connectivity index (χ0v) is 58.3. The standard InChI is InChI=1S/C46H62N4O11.C27H29NO11/c1-22(2)21-50-18-16-46(17-19-50)48-34-31-32-39(54)28(8)42-33(31)43(56)45(10,61-42)59-20-15-30(58-11)25(5)41(60-29(9)51)27(7)38(53)26(6)37(52)23(3)13-12-14-24(4)44(57)47-36(40(32)55)35(34)49-46;1-10-22(31)13(28)6-17(38-10)39-15-8-27(36,16(30)9-29)7-12-19(15)26(35)21-20(24(12)33)23(32)11-4-3-5-14(37-2)18(11)25(21)34/h12-15,20,22-23,25-27,30,37-38,41,49,52-54H,16-19,21H2,1-11H3,(H,47,57);3-5,10,13,15,17,22,29,31,33,35-36H,6-9,28H2,1-2H3/b13-12+,20-15+,24-14-;/t23-,25+,26+,27+,30-,37-,38+,41+,45-;10-,13-,15-,17-,22+,27-/m00/s1. The van der Waals surface area contributed by atoms with E-state index in [9.17, 15) is 74.4 Å². The van der Waals surface area contributed by atoms with Gasteiger partial charge in [0, 0.05) is 136 Å². The summed E-state index contributed by atoms with van der Waals surface area (Å²) in [6, 6.07) is 3.64.